The summed E-state index contributed by atoms with van der Waals surface area (Å²) in [7, 11) is 0. The van der Waals surface area contributed by atoms with E-state index in [0.29, 0.717) is 34.3 Å². The Balaban J connectivity index is 1.57. The molecule has 0 saturated heterocycles. The second-order valence-corrected chi connectivity index (χ2v) is 6.73. The van der Waals surface area contributed by atoms with Crippen LogP contribution < -0.4 is 4.74 Å². The molecule has 30 heavy (non-hydrogen) atoms. The molecular formula is C26H17F3O. The molecule has 0 aromatic heterocycles. The van der Waals surface area contributed by atoms with E-state index in [1.165, 1.54) is 12.1 Å². The maximum absolute atomic E-state index is 14.4. The standard InChI is InChI=1S/C26H17F3O/c1-2-30-22-11-12-23(24(27)16-22)19-8-5-17(6-9-19)3-4-18-7-10-20-14-25(28)26(29)15-21(20)13-18/h5-16H,2H2,1H3. The summed E-state index contributed by atoms with van der Waals surface area (Å²) in [5, 5.41) is 1.20. The third-order valence-electron chi connectivity index (χ3n) is 4.68. The van der Waals surface area contributed by atoms with Crippen LogP contribution in [0, 0.1) is 29.3 Å². The van der Waals surface area contributed by atoms with Crippen molar-refractivity contribution in [1.29, 1.82) is 0 Å². The molecule has 4 aromatic rings. The fourth-order valence-electron chi connectivity index (χ4n) is 3.18. The number of benzene rings is 4. The first-order valence-corrected chi connectivity index (χ1v) is 9.47. The van der Waals surface area contributed by atoms with Gasteiger partial charge in [-0.2, -0.15) is 0 Å². The van der Waals surface area contributed by atoms with Crippen LogP contribution in [0.15, 0.2) is 72.8 Å². The van der Waals surface area contributed by atoms with Crippen molar-refractivity contribution >= 4 is 10.8 Å². The Labute approximate surface area is 172 Å². The van der Waals surface area contributed by atoms with E-state index in [4.69, 9.17) is 4.74 Å². The molecule has 0 amide bonds. The maximum Gasteiger partial charge on any atom is 0.159 e. The van der Waals surface area contributed by atoms with Gasteiger partial charge in [-0.25, -0.2) is 13.2 Å². The lowest BCUT2D eigenvalue weighted by molar-refractivity contribution is 0.338. The smallest absolute Gasteiger partial charge is 0.159 e. The van der Waals surface area contributed by atoms with E-state index in [1.54, 1.807) is 42.5 Å². The van der Waals surface area contributed by atoms with Gasteiger partial charge < -0.3 is 4.74 Å². The molecule has 0 bridgehead atoms. The van der Waals surface area contributed by atoms with Gasteiger partial charge in [0.15, 0.2) is 11.6 Å². The van der Waals surface area contributed by atoms with Gasteiger partial charge in [-0.15, -0.1) is 0 Å². The van der Waals surface area contributed by atoms with Gasteiger partial charge in [-0.05, 0) is 71.8 Å². The molecule has 0 atom stereocenters. The highest BCUT2D eigenvalue weighted by atomic mass is 19.2. The van der Waals surface area contributed by atoms with Crippen LogP contribution in [-0.4, -0.2) is 6.61 Å². The predicted molar refractivity (Wildman–Crippen MR) is 113 cm³/mol. The molecule has 0 aliphatic heterocycles. The van der Waals surface area contributed by atoms with Crippen LogP contribution >= 0.6 is 0 Å². The van der Waals surface area contributed by atoms with Crippen LogP contribution in [0.5, 0.6) is 5.75 Å². The molecule has 0 saturated carbocycles. The quantitative estimate of drug-likeness (QED) is 0.346. The summed E-state index contributed by atoms with van der Waals surface area (Å²) in [6, 6.07) is 19.6. The van der Waals surface area contributed by atoms with Crippen LogP contribution in [0.2, 0.25) is 0 Å². The SMILES string of the molecule is CCOc1ccc(-c2ccc(C#Cc3ccc4cc(F)c(F)cc4c3)cc2)c(F)c1. The largest absolute Gasteiger partial charge is 0.494 e. The molecule has 148 valence electrons. The molecule has 0 radical (unpaired) electrons. The Morgan fingerprint density at radius 2 is 1.33 bits per heavy atom. The highest BCUT2D eigenvalue weighted by molar-refractivity contribution is 5.84. The van der Waals surface area contributed by atoms with E-state index in [1.807, 2.05) is 19.1 Å². The molecule has 0 N–H and O–H groups in total. The fourth-order valence-corrected chi connectivity index (χ4v) is 3.18. The van der Waals surface area contributed by atoms with Crippen LogP contribution in [0.25, 0.3) is 21.9 Å². The first-order valence-electron chi connectivity index (χ1n) is 9.47. The minimum atomic E-state index is -0.885. The van der Waals surface area contributed by atoms with E-state index < -0.39 is 11.6 Å². The number of halogens is 3. The van der Waals surface area contributed by atoms with Crippen molar-refractivity contribution in [2.45, 2.75) is 6.92 Å². The summed E-state index contributed by atoms with van der Waals surface area (Å²) in [4.78, 5) is 0. The normalized spacial score (nSPS) is 10.5. The van der Waals surface area contributed by atoms with Crippen molar-refractivity contribution in [3.8, 4) is 28.7 Å². The highest BCUT2D eigenvalue weighted by Crippen LogP contribution is 2.26. The van der Waals surface area contributed by atoms with Gasteiger partial charge in [0.25, 0.3) is 0 Å². The van der Waals surface area contributed by atoms with Crippen molar-refractivity contribution in [2.75, 3.05) is 6.61 Å². The first-order chi connectivity index (χ1) is 14.5. The topological polar surface area (TPSA) is 9.23 Å². The van der Waals surface area contributed by atoms with Gasteiger partial charge in [0.05, 0.1) is 6.61 Å². The average Bonchev–Trinajstić information content (AvgIpc) is 2.74. The second kappa shape index (κ2) is 8.34. The van der Waals surface area contributed by atoms with Crippen molar-refractivity contribution in [3.63, 3.8) is 0 Å². The zero-order valence-electron chi connectivity index (χ0n) is 16.2. The Morgan fingerprint density at radius 1 is 0.667 bits per heavy atom. The predicted octanol–water partition coefficient (Wildman–Crippen LogP) is 6.72. The molecule has 4 rings (SSSR count). The average molecular weight is 402 g/mol. The van der Waals surface area contributed by atoms with Gasteiger partial charge in [0.1, 0.15) is 11.6 Å². The highest BCUT2D eigenvalue weighted by Gasteiger charge is 2.07. The minimum absolute atomic E-state index is 0.348. The Morgan fingerprint density at radius 3 is 2.03 bits per heavy atom. The molecular weight excluding hydrogens is 385 g/mol. The van der Waals surface area contributed by atoms with Crippen LogP contribution in [0.3, 0.4) is 0 Å². The van der Waals surface area contributed by atoms with Crippen LogP contribution in [-0.2, 0) is 0 Å². The molecule has 0 heterocycles. The van der Waals surface area contributed by atoms with Gasteiger partial charge in [-0.1, -0.05) is 30.0 Å². The summed E-state index contributed by atoms with van der Waals surface area (Å²) in [5.41, 5.74) is 2.68. The molecule has 4 aromatic carbocycles. The van der Waals surface area contributed by atoms with Crippen molar-refractivity contribution in [3.05, 3.63) is 101 Å². The zero-order chi connectivity index (χ0) is 21.1. The Hall–Kier alpha value is -3.71. The van der Waals surface area contributed by atoms with E-state index in [9.17, 15) is 13.2 Å². The summed E-state index contributed by atoms with van der Waals surface area (Å²) in [6.07, 6.45) is 0. The summed E-state index contributed by atoms with van der Waals surface area (Å²) < 4.78 is 46.4. The van der Waals surface area contributed by atoms with Crippen molar-refractivity contribution < 1.29 is 17.9 Å². The van der Waals surface area contributed by atoms with Crippen molar-refractivity contribution in [2.24, 2.45) is 0 Å². The molecule has 0 aliphatic rings. The number of ether oxygens (including phenoxy) is 1. The third-order valence-corrected chi connectivity index (χ3v) is 4.68. The summed E-state index contributed by atoms with van der Waals surface area (Å²) in [6.45, 7) is 2.33. The lowest BCUT2D eigenvalue weighted by atomic mass is 10.0. The lowest BCUT2D eigenvalue weighted by Crippen LogP contribution is -1.93. The first kappa shape index (κ1) is 19.6. The summed E-state index contributed by atoms with van der Waals surface area (Å²) in [5.74, 6) is 4.46. The Bertz CT molecular complexity index is 1280. The molecule has 1 nitrogen and oxygen atoms in total. The molecule has 0 aliphatic carbocycles. The lowest BCUT2D eigenvalue weighted by Gasteiger charge is -2.07. The zero-order valence-corrected chi connectivity index (χ0v) is 16.2. The van der Waals surface area contributed by atoms with Crippen LogP contribution in [0.4, 0.5) is 13.2 Å². The van der Waals surface area contributed by atoms with Crippen molar-refractivity contribution in [1.82, 2.24) is 0 Å². The van der Waals surface area contributed by atoms with E-state index in [0.717, 1.165) is 17.2 Å². The van der Waals surface area contributed by atoms with Gasteiger partial charge >= 0.3 is 0 Å². The van der Waals surface area contributed by atoms with Crippen LogP contribution in [0.1, 0.15) is 18.1 Å². The number of hydrogen-bond donors (Lipinski definition) is 0. The number of rotatable bonds is 3. The molecule has 4 heteroatoms. The molecule has 0 spiro atoms. The van der Waals surface area contributed by atoms with Gasteiger partial charge in [0.2, 0.25) is 0 Å². The number of hydrogen-bond acceptors (Lipinski definition) is 1. The van der Waals surface area contributed by atoms with E-state index in [2.05, 4.69) is 11.8 Å². The van der Waals surface area contributed by atoms with Gasteiger partial charge in [-0.3, -0.25) is 0 Å². The van der Waals surface area contributed by atoms with E-state index in [-0.39, 0.29) is 5.82 Å². The summed E-state index contributed by atoms with van der Waals surface area (Å²) >= 11 is 0. The Kier molecular flexibility index (Phi) is 5.45. The second-order valence-electron chi connectivity index (χ2n) is 6.73. The maximum atomic E-state index is 14.4. The third kappa shape index (κ3) is 4.16. The van der Waals surface area contributed by atoms with Gasteiger partial charge in [0, 0.05) is 22.8 Å². The fraction of sp³-hybridized carbons (Fsp3) is 0.0769. The molecule has 0 unspecified atom stereocenters. The number of fused-ring (bicyclic) bond motifs is 1. The minimum Gasteiger partial charge on any atom is -0.494 e. The monoisotopic (exact) mass is 402 g/mol. The molecule has 0 fully saturated rings. The van der Waals surface area contributed by atoms with E-state index >= 15 is 0 Å².